The Labute approximate surface area is 240 Å². The van der Waals surface area contributed by atoms with Crippen molar-refractivity contribution in [2.75, 3.05) is 59.4 Å². The van der Waals surface area contributed by atoms with E-state index in [4.69, 9.17) is 42.6 Å². The summed E-state index contributed by atoms with van der Waals surface area (Å²) in [7, 11) is 7.24. The number of hydrogen-bond acceptors (Lipinski definition) is 7. The molecule has 208 valence electrons. The summed E-state index contributed by atoms with van der Waals surface area (Å²) in [6, 6.07) is 7.65. The van der Waals surface area contributed by atoms with Crippen molar-refractivity contribution in [1.82, 2.24) is 19.8 Å². The molecule has 1 saturated heterocycles. The van der Waals surface area contributed by atoms with Crippen LogP contribution in [0.15, 0.2) is 43.1 Å². The summed E-state index contributed by atoms with van der Waals surface area (Å²) in [6.45, 7) is 6.77. The van der Waals surface area contributed by atoms with E-state index in [0.29, 0.717) is 39.6 Å². The Hall–Kier alpha value is -3.07. The molecule has 0 saturated carbocycles. The molecular weight excluding hydrogens is 537 g/mol. The van der Waals surface area contributed by atoms with Crippen LogP contribution in [0.2, 0.25) is 10.0 Å². The number of ether oxygens (including phenoxy) is 2. The zero-order valence-electron chi connectivity index (χ0n) is 22.9. The van der Waals surface area contributed by atoms with Crippen LogP contribution in [0.5, 0.6) is 11.5 Å². The van der Waals surface area contributed by atoms with Gasteiger partial charge in [0, 0.05) is 48.9 Å². The molecule has 1 aromatic heterocycles. The molecule has 0 bridgehead atoms. The van der Waals surface area contributed by atoms with Gasteiger partial charge in [-0.3, -0.25) is 4.79 Å². The number of carbonyl (C=O) groups excluding carboxylic acids is 1. The first-order chi connectivity index (χ1) is 18.8. The van der Waals surface area contributed by atoms with Gasteiger partial charge in [0.05, 0.1) is 29.8 Å². The summed E-state index contributed by atoms with van der Waals surface area (Å²) >= 11 is 13.3. The largest absolute Gasteiger partial charge is 0.495 e. The number of nitrogens with zero attached hydrogens (tertiary/aromatic N) is 5. The molecule has 1 amide bonds. The molecule has 8 nitrogen and oxygen atoms in total. The fourth-order valence-electron chi connectivity index (χ4n) is 5.00. The summed E-state index contributed by atoms with van der Waals surface area (Å²) in [6.07, 6.45) is 6.07. The first kappa shape index (κ1) is 28.9. The zero-order valence-corrected chi connectivity index (χ0v) is 24.4. The lowest BCUT2D eigenvalue weighted by Crippen LogP contribution is -2.50. The number of halogens is 2. The van der Waals surface area contributed by atoms with Gasteiger partial charge in [-0.1, -0.05) is 35.8 Å². The summed E-state index contributed by atoms with van der Waals surface area (Å²) in [4.78, 5) is 28.4. The lowest BCUT2D eigenvalue weighted by Gasteiger charge is -2.39. The van der Waals surface area contributed by atoms with Crippen molar-refractivity contribution in [3.63, 3.8) is 0 Å². The number of carbonyl (C=O) groups is 1. The number of rotatable bonds is 10. The second kappa shape index (κ2) is 12.9. The van der Waals surface area contributed by atoms with Gasteiger partial charge in [-0.25, -0.2) is 9.97 Å². The van der Waals surface area contributed by atoms with E-state index in [1.165, 1.54) is 6.08 Å². The van der Waals surface area contributed by atoms with Crippen LogP contribution in [-0.4, -0.2) is 86.2 Å². The number of benzene rings is 2. The quantitative estimate of drug-likeness (QED) is 0.295. The van der Waals surface area contributed by atoms with E-state index < -0.39 is 0 Å². The van der Waals surface area contributed by atoms with Crippen LogP contribution in [0.4, 0.5) is 5.95 Å². The fraction of sp³-hybridized carbons (Fsp3) is 0.414. The number of anilines is 1. The molecule has 1 unspecified atom stereocenters. The Kier molecular flexibility index (Phi) is 9.53. The maximum atomic E-state index is 12.3. The third-order valence-corrected chi connectivity index (χ3v) is 7.76. The number of methoxy groups -OCH3 is 2. The van der Waals surface area contributed by atoms with Crippen LogP contribution in [0.1, 0.15) is 19.3 Å². The van der Waals surface area contributed by atoms with Crippen LogP contribution >= 0.6 is 23.2 Å². The summed E-state index contributed by atoms with van der Waals surface area (Å²) < 4.78 is 10.9. The average molecular weight is 573 g/mol. The monoisotopic (exact) mass is 571 g/mol. The number of piperidine rings is 1. The van der Waals surface area contributed by atoms with Gasteiger partial charge in [0.15, 0.2) is 0 Å². The minimum atomic E-state index is -0.0357. The highest BCUT2D eigenvalue weighted by Gasteiger charge is 2.29. The van der Waals surface area contributed by atoms with Crippen molar-refractivity contribution >= 4 is 46.0 Å². The molecule has 1 atom stereocenters. The third-order valence-electron chi connectivity index (χ3n) is 7.01. The van der Waals surface area contributed by atoms with Gasteiger partial charge < -0.3 is 24.2 Å². The molecule has 2 aromatic carbocycles. The van der Waals surface area contributed by atoms with Crippen LogP contribution < -0.4 is 14.4 Å². The van der Waals surface area contributed by atoms with Crippen LogP contribution in [0.25, 0.3) is 22.0 Å². The molecule has 2 heterocycles. The predicted molar refractivity (Wildman–Crippen MR) is 158 cm³/mol. The highest BCUT2D eigenvalue weighted by Crippen LogP contribution is 2.46. The number of aromatic nitrogens is 2. The van der Waals surface area contributed by atoms with Crippen molar-refractivity contribution in [2.24, 2.45) is 0 Å². The number of fused-ring (bicyclic) bond motifs is 1. The Bertz CT molecular complexity index is 1320. The van der Waals surface area contributed by atoms with E-state index >= 15 is 0 Å². The lowest BCUT2D eigenvalue weighted by atomic mass is 10.0. The molecule has 1 aliphatic rings. The normalized spacial score (nSPS) is 15.5. The van der Waals surface area contributed by atoms with E-state index in [2.05, 4.69) is 30.5 Å². The van der Waals surface area contributed by atoms with Crippen molar-refractivity contribution in [1.29, 1.82) is 0 Å². The fourth-order valence-corrected chi connectivity index (χ4v) is 5.72. The molecule has 10 heteroatoms. The van der Waals surface area contributed by atoms with Crippen molar-refractivity contribution in [2.45, 2.75) is 25.3 Å². The van der Waals surface area contributed by atoms with E-state index in [1.807, 2.05) is 29.3 Å². The molecule has 0 aliphatic carbocycles. The Morgan fingerprint density at radius 2 is 1.87 bits per heavy atom. The standard InChI is InChI=1S/C29H35Cl2N5O3/c1-6-25(37)35-13-7-9-21(18-35)36(14-8-12-34(2)3)29-32-17-20-15-19(10-11-22(20)33-29)26-27(30)23(38-4)16-24(39-5)28(26)31/h6,10-11,15-17,21H,1,7-9,12-14,18H2,2-5H3. The van der Waals surface area contributed by atoms with Crippen LogP contribution in [0.3, 0.4) is 0 Å². The molecule has 3 aromatic rings. The number of amides is 1. The van der Waals surface area contributed by atoms with Crippen molar-refractivity contribution < 1.29 is 14.3 Å². The molecule has 0 N–H and O–H groups in total. The van der Waals surface area contributed by atoms with E-state index in [1.54, 1.807) is 20.3 Å². The minimum Gasteiger partial charge on any atom is -0.495 e. The first-order valence-corrected chi connectivity index (χ1v) is 13.7. The highest BCUT2D eigenvalue weighted by atomic mass is 35.5. The van der Waals surface area contributed by atoms with E-state index in [-0.39, 0.29) is 11.9 Å². The highest BCUT2D eigenvalue weighted by molar-refractivity contribution is 6.41. The summed E-state index contributed by atoms with van der Waals surface area (Å²) in [5.41, 5.74) is 2.23. The van der Waals surface area contributed by atoms with Gasteiger partial charge in [0.2, 0.25) is 11.9 Å². The summed E-state index contributed by atoms with van der Waals surface area (Å²) in [5.74, 6) is 1.58. The number of hydrogen-bond donors (Lipinski definition) is 0. The number of likely N-dealkylation sites (tertiary alicyclic amines) is 1. The molecule has 39 heavy (non-hydrogen) atoms. The van der Waals surface area contributed by atoms with Gasteiger partial charge in [-0.2, -0.15) is 0 Å². The molecule has 1 fully saturated rings. The average Bonchev–Trinajstić information content (AvgIpc) is 2.94. The topological polar surface area (TPSA) is 71.0 Å². The van der Waals surface area contributed by atoms with Crippen molar-refractivity contribution in [3.05, 3.63) is 53.2 Å². The molecule has 0 spiro atoms. The van der Waals surface area contributed by atoms with Gasteiger partial charge in [0.25, 0.3) is 0 Å². The van der Waals surface area contributed by atoms with Gasteiger partial charge in [-0.15, -0.1) is 0 Å². The lowest BCUT2D eigenvalue weighted by molar-refractivity contribution is -0.127. The van der Waals surface area contributed by atoms with Gasteiger partial charge in [0.1, 0.15) is 11.5 Å². The first-order valence-electron chi connectivity index (χ1n) is 13.0. The Morgan fingerprint density at radius 1 is 1.15 bits per heavy atom. The molecular formula is C29H35Cl2N5O3. The molecule has 1 aliphatic heterocycles. The van der Waals surface area contributed by atoms with E-state index in [0.717, 1.165) is 55.4 Å². The predicted octanol–water partition coefficient (Wildman–Crippen LogP) is 5.56. The SMILES string of the molecule is C=CC(=O)N1CCCC(N(CCCN(C)C)c2ncc3cc(-c4c(Cl)c(OC)cc(OC)c4Cl)ccc3n2)C1. The third kappa shape index (κ3) is 6.40. The summed E-state index contributed by atoms with van der Waals surface area (Å²) in [5, 5.41) is 1.66. The Morgan fingerprint density at radius 3 is 2.51 bits per heavy atom. The van der Waals surface area contributed by atoms with Crippen LogP contribution in [0, 0.1) is 0 Å². The Balaban J connectivity index is 1.69. The molecule has 0 radical (unpaired) electrons. The van der Waals surface area contributed by atoms with E-state index in [9.17, 15) is 4.79 Å². The second-order valence-electron chi connectivity index (χ2n) is 9.86. The minimum absolute atomic E-state index is 0.0357. The zero-order chi connectivity index (χ0) is 28.1. The van der Waals surface area contributed by atoms with Crippen molar-refractivity contribution in [3.8, 4) is 22.6 Å². The second-order valence-corrected chi connectivity index (χ2v) is 10.6. The smallest absolute Gasteiger partial charge is 0.246 e. The maximum Gasteiger partial charge on any atom is 0.246 e. The van der Waals surface area contributed by atoms with Gasteiger partial charge in [-0.05, 0) is 63.7 Å². The van der Waals surface area contributed by atoms with Gasteiger partial charge >= 0.3 is 0 Å². The maximum absolute atomic E-state index is 12.3. The molecule has 4 rings (SSSR count). The van der Waals surface area contributed by atoms with Crippen LogP contribution in [-0.2, 0) is 4.79 Å².